The van der Waals surface area contributed by atoms with Gasteiger partial charge in [-0.2, -0.15) is 0 Å². The summed E-state index contributed by atoms with van der Waals surface area (Å²) in [6.07, 6.45) is 4.08. The van der Waals surface area contributed by atoms with Gasteiger partial charge in [0.15, 0.2) is 0 Å². The number of carbonyl (C=O) groups excluding carboxylic acids is 1. The Morgan fingerprint density at radius 1 is 1.00 bits per heavy atom. The largest absolute Gasteiger partial charge is 0.348 e. The Morgan fingerprint density at radius 3 is 2.50 bits per heavy atom. The number of piperidine rings is 1. The van der Waals surface area contributed by atoms with Gasteiger partial charge in [-0.1, -0.05) is 42.5 Å². The molecule has 1 aliphatic heterocycles. The van der Waals surface area contributed by atoms with Gasteiger partial charge in [0.05, 0.1) is 24.2 Å². The van der Waals surface area contributed by atoms with E-state index < -0.39 is 0 Å². The smallest absolute Gasteiger partial charge is 0.252 e. The van der Waals surface area contributed by atoms with Crippen LogP contribution in [0, 0.1) is 6.92 Å². The topological polar surface area (TPSA) is 46.4 Å². The number of quaternary nitrogens is 1. The highest BCUT2D eigenvalue weighted by molar-refractivity contribution is 6.06. The lowest BCUT2D eigenvalue weighted by atomic mass is 10.1. The molecule has 1 saturated heterocycles. The number of para-hydroxylation sites is 1. The van der Waals surface area contributed by atoms with E-state index in [2.05, 4.69) is 34.6 Å². The van der Waals surface area contributed by atoms with Crippen molar-refractivity contribution in [2.24, 2.45) is 0 Å². The third-order valence-electron chi connectivity index (χ3n) is 5.58. The molecule has 4 nitrogen and oxygen atoms in total. The van der Waals surface area contributed by atoms with E-state index in [1.807, 2.05) is 37.3 Å². The summed E-state index contributed by atoms with van der Waals surface area (Å²) in [4.78, 5) is 19.0. The van der Waals surface area contributed by atoms with E-state index in [1.165, 1.54) is 37.9 Å². The summed E-state index contributed by atoms with van der Waals surface area (Å²) in [5.74, 6) is -0.0523. The lowest BCUT2D eigenvalue weighted by Gasteiger charge is -2.23. The fraction of sp³-hybridized carbons (Fsp3) is 0.333. The molecular formula is C24H28N3O+. The Bertz CT molecular complexity index is 959. The fourth-order valence-corrected chi connectivity index (χ4v) is 4.07. The normalized spacial score (nSPS) is 14.9. The lowest BCUT2D eigenvalue weighted by molar-refractivity contribution is -0.918. The quantitative estimate of drug-likeness (QED) is 0.721. The zero-order valence-electron chi connectivity index (χ0n) is 16.5. The van der Waals surface area contributed by atoms with Crippen LogP contribution in [0.4, 0.5) is 0 Å². The zero-order valence-corrected chi connectivity index (χ0v) is 16.5. The second-order valence-corrected chi connectivity index (χ2v) is 7.81. The number of nitrogens with zero attached hydrogens (tertiary/aromatic N) is 1. The number of carbonyl (C=O) groups is 1. The number of pyridine rings is 1. The second-order valence-electron chi connectivity index (χ2n) is 7.81. The van der Waals surface area contributed by atoms with Gasteiger partial charge in [0, 0.05) is 23.2 Å². The number of likely N-dealkylation sites (tertiary alicyclic amines) is 1. The number of fused-ring (bicyclic) bond motifs is 1. The third kappa shape index (κ3) is 4.39. The maximum absolute atomic E-state index is 12.8. The first kappa shape index (κ1) is 18.6. The molecule has 1 fully saturated rings. The molecule has 0 atom stereocenters. The van der Waals surface area contributed by atoms with E-state index in [0.29, 0.717) is 12.1 Å². The van der Waals surface area contributed by atoms with Gasteiger partial charge in [0.25, 0.3) is 5.91 Å². The molecule has 2 heterocycles. The summed E-state index contributed by atoms with van der Waals surface area (Å²) in [7, 11) is 0. The number of amides is 1. The van der Waals surface area contributed by atoms with Crippen LogP contribution in [0.25, 0.3) is 10.9 Å². The molecular weight excluding hydrogens is 346 g/mol. The van der Waals surface area contributed by atoms with Gasteiger partial charge in [-0.3, -0.25) is 9.78 Å². The highest BCUT2D eigenvalue weighted by Crippen LogP contribution is 2.18. The van der Waals surface area contributed by atoms with E-state index in [4.69, 9.17) is 0 Å². The molecule has 0 unspecified atom stereocenters. The van der Waals surface area contributed by atoms with Gasteiger partial charge in [0.1, 0.15) is 6.54 Å². The van der Waals surface area contributed by atoms with Gasteiger partial charge < -0.3 is 10.2 Å². The molecule has 144 valence electrons. The Morgan fingerprint density at radius 2 is 1.71 bits per heavy atom. The van der Waals surface area contributed by atoms with Crippen molar-refractivity contribution in [3.8, 4) is 0 Å². The van der Waals surface area contributed by atoms with Crippen LogP contribution in [0.3, 0.4) is 0 Å². The molecule has 0 spiro atoms. The van der Waals surface area contributed by atoms with Crippen LogP contribution in [-0.4, -0.2) is 24.0 Å². The molecule has 2 N–H and O–H groups in total. The Balaban J connectivity index is 1.40. The average molecular weight is 375 g/mol. The number of aromatic nitrogens is 1. The first-order valence-electron chi connectivity index (χ1n) is 10.2. The van der Waals surface area contributed by atoms with E-state index in [1.54, 1.807) is 4.90 Å². The molecule has 4 rings (SSSR count). The van der Waals surface area contributed by atoms with Crippen molar-refractivity contribution >= 4 is 16.8 Å². The first-order valence-corrected chi connectivity index (χ1v) is 10.2. The first-order chi connectivity index (χ1) is 13.7. The summed E-state index contributed by atoms with van der Waals surface area (Å²) in [6.45, 7) is 6.14. The van der Waals surface area contributed by atoms with Crippen molar-refractivity contribution in [2.45, 2.75) is 39.3 Å². The second kappa shape index (κ2) is 8.53. The maximum atomic E-state index is 12.8. The number of benzene rings is 2. The van der Waals surface area contributed by atoms with Gasteiger partial charge in [-0.15, -0.1) is 0 Å². The minimum atomic E-state index is -0.0523. The number of aryl methyl sites for hydroxylation is 1. The molecule has 0 saturated carbocycles. The van der Waals surface area contributed by atoms with Gasteiger partial charge in [-0.25, -0.2) is 0 Å². The number of rotatable bonds is 5. The number of hydrogen-bond acceptors (Lipinski definition) is 2. The summed E-state index contributed by atoms with van der Waals surface area (Å²) in [6, 6.07) is 18.3. The Hall–Kier alpha value is -2.72. The van der Waals surface area contributed by atoms with Gasteiger partial charge in [0.2, 0.25) is 0 Å². The monoisotopic (exact) mass is 374 g/mol. The Kier molecular flexibility index (Phi) is 5.68. The van der Waals surface area contributed by atoms with Crippen LogP contribution in [0.5, 0.6) is 0 Å². The minimum absolute atomic E-state index is 0.0523. The highest BCUT2D eigenvalue weighted by atomic mass is 16.1. The van der Waals surface area contributed by atoms with Crippen molar-refractivity contribution in [1.82, 2.24) is 10.3 Å². The highest BCUT2D eigenvalue weighted by Gasteiger charge is 2.14. The molecule has 1 amide bonds. The molecule has 2 aromatic carbocycles. The van der Waals surface area contributed by atoms with E-state index in [-0.39, 0.29) is 5.91 Å². The fourth-order valence-electron chi connectivity index (χ4n) is 4.07. The molecule has 0 radical (unpaired) electrons. The van der Waals surface area contributed by atoms with Crippen molar-refractivity contribution in [3.05, 3.63) is 77.0 Å². The lowest BCUT2D eigenvalue weighted by Crippen LogP contribution is -3.11. The predicted octanol–water partition coefficient (Wildman–Crippen LogP) is 3.04. The molecule has 28 heavy (non-hydrogen) atoms. The maximum Gasteiger partial charge on any atom is 0.252 e. The zero-order chi connectivity index (χ0) is 19.3. The molecule has 1 aliphatic rings. The van der Waals surface area contributed by atoms with E-state index >= 15 is 0 Å². The van der Waals surface area contributed by atoms with Crippen molar-refractivity contribution in [2.75, 3.05) is 13.1 Å². The predicted molar refractivity (Wildman–Crippen MR) is 112 cm³/mol. The van der Waals surface area contributed by atoms with Crippen LogP contribution in [0.1, 0.15) is 46.4 Å². The molecule has 1 aromatic heterocycles. The molecule has 0 bridgehead atoms. The average Bonchev–Trinajstić information content (AvgIpc) is 2.73. The van der Waals surface area contributed by atoms with Crippen molar-refractivity contribution in [3.63, 3.8) is 0 Å². The van der Waals surface area contributed by atoms with Crippen LogP contribution in [0.2, 0.25) is 0 Å². The summed E-state index contributed by atoms with van der Waals surface area (Å²) < 4.78 is 0. The van der Waals surface area contributed by atoms with Crippen LogP contribution in [-0.2, 0) is 13.1 Å². The van der Waals surface area contributed by atoms with Gasteiger partial charge >= 0.3 is 0 Å². The summed E-state index contributed by atoms with van der Waals surface area (Å²) in [5, 5.41) is 3.96. The molecule has 0 aliphatic carbocycles. The van der Waals surface area contributed by atoms with E-state index in [0.717, 1.165) is 28.7 Å². The third-order valence-corrected chi connectivity index (χ3v) is 5.58. The van der Waals surface area contributed by atoms with Crippen LogP contribution < -0.4 is 10.2 Å². The molecule has 3 aromatic rings. The number of hydrogen-bond donors (Lipinski definition) is 2. The standard InChI is InChI=1S/C24H27N3O/c1-18-15-22(21-7-3-4-8-23(21)26-18)24(28)25-16-19-9-11-20(12-10-19)17-27-13-5-2-6-14-27/h3-4,7-12,15H,2,5-6,13-14,16-17H2,1H3,(H,25,28)/p+1. The Labute approximate surface area is 166 Å². The SMILES string of the molecule is Cc1cc(C(=O)NCc2ccc(C[NH+]3CCCCC3)cc2)c2ccccc2n1. The van der Waals surface area contributed by atoms with E-state index in [9.17, 15) is 4.79 Å². The van der Waals surface area contributed by atoms with Crippen LogP contribution >= 0.6 is 0 Å². The number of nitrogens with one attached hydrogen (secondary N) is 2. The van der Waals surface area contributed by atoms with Crippen molar-refractivity contribution in [1.29, 1.82) is 0 Å². The van der Waals surface area contributed by atoms with Crippen molar-refractivity contribution < 1.29 is 9.69 Å². The van der Waals surface area contributed by atoms with Gasteiger partial charge in [-0.05, 0) is 43.9 Å². The summed E-state index contributed by atoms with van der Waals surface area (Å²) >= 11 is 0. The van der Waals surface area contributed by atoms with Crippen LogP contribution in [0.15, 0.2) is 54.6 Å². The minimum Gasteiger partial charge on any atom is -0.348 e. The summed E-state index contributed by atoms with van der Waals surface area (Å²) in [5.41, 5.74) is 4.91. The molecule has 4 heteroatoms.